The minimum absolute atomic E-state index is 0.140. The minimum Gasteiger partial charge on any atom is -0.369 e. The van der Waals surface area contributed by atoms with Gasteiger partial charge in [0.05, 0.1) is 11.4 Å². The van der Waals surface area contributed by atoms with E-state index in [0.717, 1.165) is 0 Å². The van der Waals surface area contributed by atoms with Crippen molar-refractivity contribution in [2.45, 2.75) is 0 Å². The van der Waals surface area contributed by atoms with Crippen molar-refractivity contribution in [2.75, 3.05) is 23.9 Å². The first-order valence-electron chi connectivity index (χ1n) is 6.56. The van der Waals surface area contributed by atoms with Gasteiger partial charge in [0.15, 0.2) is 5.96 Å². The van der Waals surface area contributed by atoms with Crippen LogP contribution in [0.15, 0.2) is 50.3 Å². The Balaban J connectivity index is 2.07. The number of guanidine groups is 1. The van der Waals surface area contributed by atoms with E-state index in [0.29, 0.717) is 20.3 Å². The SMILES string of the molecule is CN(C(N)=NCNc1ccc(F)cc1Br)c1c(F)cccc1Br. The third-order valence-electron chi connectivity index (χ3n) is 3.06. The Kier molecular flexibility index (Phi) is 5.95. The van der Waals surface area contributed by atoms with E-state index in [9.17, 15) is 8.78 Å². The summed E-state index contributed by atoms with van der Waals surface area (Å²) in [5.74, 6) is -0.606. The van der Waals surface area contributed by atoms with Crippen LogP contribution in [0, 0.1) is 11.6 Å². The molecule has 2 aromatic rings. The molecular weight excluding hydrogens is 434 g/mol. The number of hydrogen-bond donors (Lipinski definition) is 2. The van der Waals surface area contributed by atoms with Crippen LogP contribution in [0.5, 0.6) is 0 Å². The molecule has 0 heterocycles. The van der Waals surface area contributed by atoms with Gasteiger partial charge in [0, 0.05) is 16.0 Å². The summed E-state index contributed by atoms with van der Waals surface area (Å²) in [6.07, 6.45) is 0. The van der Waals surface area contributed by atoms with Gasteiger partial charge in [0.1, 0.15) is 18.3 Å². The molecule has 0 radical (unpaired) electrons. The number of nitrogens with zero attached hydrogens (tertiary/aromatic N) is 2. The van der Waals surface area contributed by atoms with Gasteiger partial charge in [-0.1, -0.05) is 6.07 Å². The van der Waals surface area contributed by atoms with Gasteiger partial charge in [-0.3, -0.25) is 0 Å². The molecule has 8 heteroatoms. The van der Waals surface area contributed by atoms with E-state index >= 15 is 0 Å². The van der Waals surface area contributed by atoms with Gasteiger partial charge < -0.3 is 16.0 Å². The molecule has 3 N–H and O–H groups in total. The average molecular weight is 448 g/mol. The predicted octanol–water partition coefficient (Wildman–Crippen LogP) is 4.31. The van der Waals surface area contributed by atoms with Crippen molar-refractivity contribution in [3.05, 3.63) is 57.0 Å². The molecule has 0 aliphatic heterocycles. The molecule has 0 atom stereocenters. The number of hydrogen-bond acceptors (Lipinski definition) is 2. The summed E-state index contributed by atoms with van der Waals surface area (Å²) < 4.78 is 28.1. The first kappa shape index (κ1) is 17.7. The van der Waals surface area contributed by atoms with Crippen molar-refractivity contribution in [3.63, 3.8) is 0 Å². The number of para-hydroxylation sites is 1. The number of aliphatic imine (C=N–C) groups is 1. The second kappa shape index (κ2) is 7.74. The summed E-state index contributed by atoms with van der Waals surface area (Å²) >= 11 is 6.54. The molecular formula is C15H14Br2F2N4. The largest absolute Gasteiger partial charge is 0.369 e. The Hall–Kier alpha value is -1.67. The van der Waals surface area contributed by atoms with Gasteiger partial charge in [-0.2, -0.15) is 0 Å². The normalized spacial score (nSPS) is 11.4. The first-order valence-corrected chi connectivity index (χ1v) is 8.15. The van der Waals surface area contributed by atoms with E-state index < -0.39 is 5.82 Å². The quantitative estimate of drug-likeness (QED) is 0.542. The standard InChI is InChI=1S/C15H14Br2F2N4/c1-23(14-10(16)3-2-4-12(14)19)15(20)22-8-21-13-6-5-9(18)7-11(13)17/h2-7,21H,8H2,1H3,(H2,20,22). The third kappa shape index (κ3) is 4.42. The summed E-state index contributed by atoms with van der Waals surface area (Å²) in [5, 5.41) is 2.99. The van der Waals surface area contributed by atoms with Crippen LogP contribution >= 0.6 is 31.9 Å². The average Bonchev–Trinajstić information content (AvgIpc) is 2.49. The van der Waals surface area contributed by atoms with E-state index in [1.165, 1.54) is 23.1 Å². The summed E-state index contributed by atoms with van der Waals surface area (Å²) in [5.41, 5.74) is 6.87. The number of nitrogens with two attached hydrogens (primary N) is 1. The highest BCUT2D eigenvalue weighted by Gasteiger charge is 2.14. The summed E-state index contributed by atoms with van der Waals surface area (Å²) in [6, 6.07) is 8.93. The lowest BCUT2D eigenvalue weighted by Crippen LogP contribution is -2.35. The molecule has 4 nitrogen and oxygen atoms in total. The molecule has 0 fully saturated rings. The molecule has 122 valence electrons. The molecule has 0 saturated carbocycles. The lowest BCUT2D eigenvalue weighted by molar-refractivity contribution is 0.627. The number of anilines is 2. The maximum absolute atomic E-state index is 13.9. The number of nitrogens with one attached hydrogen (secondary N) is 1. The summed E-state index contributed by atoms with van der Waals surface area (Å²) in [4.78, 5) is 5.59. The van der Waals surface area contributed by atoms with E-state index in [-0.39, 0.29) is 18.4 Å². The van der Waals surface area contributed by atoms with E-state index in [1.807, 2.05) is 0 Å². The van der Waals surface area contributed by atoms with Gasteiger partial charge in [-0.25, -0.2) is 13.8 Å². The fourth-order valence-electron chi connectivity index (χ4n) is 1.87. The zero-order chi connectivity index (χ0) is 17.0. The number of benzene rings is 2. The topological polar surface area (TPSA) is 53.6 Å². The summed E-state index contributed by atoms with van der Waals surface area (Å²) in [6.45, 7) is 0.159. The Bertz CT molecular complexity index is 717. The molecule has 0 aliphatic carbocycles. The van der Waals surface area contributed by atoms with Gasteiger partial charge in [0.25, 0.3) is 0 Å². The van der Waals surface area contributed by atoms with Gasteiger partial charge in [0.2, 0.25) is 0 Å². The lowest BCUT2D eigenvalue weighted by Gasteiger charge is -2.20. The van der Waals surface area contributed by atoms with E-state index in [2.05, 4.69) is 42.2 Å². The zero-order valence-corrected chi connectivity index (χ0v) is 15.3. The Labute approximate surface area is 149 Å². The van der Waals surface area contributed by atoms with Crippen LogP contribution in [0.4, 0.5) is 20.2 Å². The van der Waals surface area contributed by atoms with Crippen molar-refractivity contribution >= 4 is 49.2 Å². The highest BCUT2D eigenvalue weighted by atomic mass is 79.9. The molecule has 0 unspecified atom stereocenters. The van der Waals surface area contributed by atoms with Crippen LogP contribution in [0.3, 0.4) is 0 Å². The first-order chi connectivity index (χ1) is 10.9. The van der Waals surface area contributed by atoms with Crippen LogP contribution in [0.25, 0.3) is 0 Å². The maximum Gasteiger partial charge on any atom is 0.197 e. The van der Waals surface area contributed by atoms with Crippen molar-refractivity contribution in [1.29, 1.82) is 0 Å². The molecule has 0 saturated heterocycles. The smallest absolute Gasteiger partial charge is 0.197 e. The Morgan fingerprint density at radius 3 is 2.61 bits per heavy atom. The molecule has 2 rings (SSSR count). The van der Waals surface area contributed by atoms with Gasteiger partial charge >= 0.3 is 0 Å². The Morgan fingerprint density at radius 2 is 1.96 bits per heavy atom. The minimum atomic E-state index is -0.408. The van der Waals surface area contributed by atoms with Crippen LogP contribution in [0.2, 0.25) is 0 Å². The molecule has 23 heavy (non-hydrogen) atoms. The lowest BCUT2D eigenvalue weighted by atomic mass is 10.3. The fraction of sp³-hybridized carbons (Fsp3) is 0.133. The molecule has 0 bridgehead atoms. The second-order valence-electron chi connectivity index (χ2n) is 4.60. The third-order valence-corrected chi connectivity index (χ3v) is 4.35. The second-order valence-corrected chi connectivity index (χ2v) is 6.31. The zero-order valence-electron chi connectivity index (χ0n) is 12.2. The molecule has 0 amide bonds. The van der Waals surface area contributed by atoms with Crippen molar-refractivity contribution in [2.24, 2.45) is 10.7 Å². The van der Waals surface area contributed by atoms with Gasteiger partial charge in [-0.15, -0.1) is 0 Å². The van der Waals surface area contributed by atoms with Crippen molar-refractivity contribution in [1.82, 2.24) is 0 Å². The highest BCUT2D eigenvalue weighted by Crippen LogP contribution is 2.28. The molecule has 0 spiro atoms. The summed E-state index contributed by atoms with van der Waals surface area (Å²) in [7, 11) is 1.62. The molecule has 0 aliphatic rings. The number of halogens is 4. The van der Waals surface area contributed by atoms with Crippen molar-refractivity contribution in [3.8, 4) is 0 Å². The molecule has 0 aromatic heterocycles. The Morgan fingerprint density at radius 1 is 1.22 bits per heavy atom. The van der Waals surface area contributed by atoms with Crippen LogP contribution in [-0.2, 0) is 0 Å². The monoisotopic (exact) mass is 446 g/mol. The fourth-order valence-corrected chi connectivity index (χ4v) is 2.97. The van der Waals surface area contributed by atoms with Crippen molar-refractivity contribution < 1.29 is 8.78 Å². The van der Waals surface area contributed by atoms with E-state index in [4.69, 9.17) is 5.73 Å². The highest BCUT2D eigenvalue weighted by molar-refractivity contribution is 9.11. The van der Waals surface area contributed by atoms with E-state index in [1.54, 1.807) is 25.2 Å². The van der Waals surface area contributed by atoms with Crippen LogP contribution < -0.4 is 16.0 Å². The van der Waals surface area contributed by atoms with Gasteiger partial charge in [-0.05, 0) is 62.2 Å². The van der Waals surface area contributed by atoms with Crippen LogP contribution in [0.1, 0.15) is 0 Å². The maximum atomic E-state index is 13.9. The molecule has 2 aromatic carbocycles. The van der Waals surface area contributed by atoms with Crippen LogP contribution in [-0.4, -0.2) is 19.7 Å². The number of rotatable bonds is 4. The predicted molar refractivity (Wildman–Crippen MR) is 96.7 cm³/mol.